The van der Waals surface area contributed by atoms with Gasteiger partial charge in [-0.05, 0) is 0 Å². The number of hydrogen-bond acceptors (Lipinski definition) is 5. The van der Waals surface area contributed by atoms with Gasteiger partial charge in [0.15, 0.2) is 0 Å². The maximum atomic E-state index is 10.2. The third kappa shape index (κ3) is 11.6. The van der Waals surface area contributed by atoms with Crippen LogP contribution >= 0.6 is 7.37 Å². The zero-order valence-corrected chi connectivity index (χ0v) is 11.3. The van der Waals surface area contributed by atoms with Crippen LogP contribution in [0.5, 0.6) is 0 Å². The van der Waals surface area contributed by atoms with Crippen molar-refractivity contribution in [3.63, 3.8) is 0 Å². The van der Waals surface area contributed by atoms with Crippen LogP contribution < -0.4 is 39.6 Å². The Hall–Kier alpha value is 1.62. The van der Waals surface area contributed by atoms with Gasteiger partial charge in [-0.1, -0.05) is 0 Å². The Morgan fingerprint density at radius 1 is 1.55 bits per heavy atom. The average molecular weight is 198 g/mol. The summed E-state index contributed by atoms with van der Waals surface area (Å²) in [5, 5.41) is 17.6. The van der Waals surface area contributed by atoms with E-state index in [0.29, 0.717) is 0 Å². The summed E-state index contributed by atoms with van der Waals surface area (Å²) >= 11 is 0. The maximum Gasteiger partial charge on any atom is 1.00 e. The number of aliphatic hydroxyl groups excluding tert-OH is 1. The zero-order valence-electron chi connectivity index (χ0n) is 6.44. The summed E-state index contributed by atoms with van der Waals surface area (Å²) in [5.74, 6) is -1.69. The van der Waals surface area contributed by atoms with Crippen LogP contribution in [0.3, 0.4) is 0 Å². The third-order valence-corrected chi connectivity index (χ3v) is 1.76. The molecule has 0 fully saturated rings. The fourth-order valence-electron chi connectivity index (χ4n) is 0.247. The molecule has 1 unspecified atom stereocenters. The van der Waals surface area contributed by atoms with Gasteiger partial charge in [-0.15, -0.1) is 0 Å². The molecule has 0 spiro atoms. The number of aliphatic carboxylic acids is 1. The Balaban J connectivity index is -0.000000320. The Labute approximate surface area is 108 Å². The molecule has 0 saturated carbocycles. The number of carboxylic acid groups (broad SMARTS) is 1. The number of rotatable bonds is 3. The Morgan fingerprint density at radius 3 is 2.00 bits per heavy atom. The number of carboxylic acids is 1. The zero-order chi connectivity index (χ0) is 7.49. The van der Waals surface area contributed by atoms with E-state index in [4.69, 9.17) is 5.11 Å². The van der Waals surface area contributed by atoms with E-state index in [1.807, 2.05) is 0 Å². The molecular formula is C3H5Na2O5P-. The Bertz CT molecular complexity index is 160. The fraction of sp³-hybridized carbons (Fsp3) is 0.667. The molecule has 5 nitrogen and oxygen atoms in total. The summed E-state index contributed by atoms with van der Waals surface area (Å²) in [5.41, 5.74) is 0. The second kappa shape index (κ2) is 8.23. The summed E-state index contributed by atoms with van der Waals surface area (Å²) in [6.45, 7) is 0. The van der Waals surface area contributed by atoms with Crippen LogP contribution in [-0.4, -0.2) is 53.1 Å². The molecule has 11 heavy (non-hydrogen) atoms. The van der Waals surface area contributed by atoms with Gasteiger partial charge in [0.2, 0.25) is 0 Å². The van der Waals surface area contributed by atoms with Gasteiger partial charge in [0, 0.05) is 49.1 Å². The molecule has 0 amide bonds. The molecule has 1 atom stereocenters. The van der Waals surface area contributed by atoms with Gasteiger partial charge in [0.1, 0.15) is 0 Å². The van der Waals surface area contributed by atoms with Crippen LogP contribution in [0, 0.1) is 0 Å². The number of aliphatic hydroxyl groups is 1. The topological polar surface area (TPSA) is 100 Å². The molecule has 0 aliphatic heterocycles. The first-order chi connectivity index (χ1) is 3.98. The van der Waals surface area contributed by atoms with E-state index >= 15 is 0 Å². The molecule has 0 aromatic rings. The monoisotopic (exact) mass is 198 g/mol. The van der Waals surface area contributed by atoms with E-state index in [0.717, 1.165) is 0 Å². The summed E-state index contributed by atoms with van der Waals surface area (Å²) in [7, 11) is -4.09. The molecule has 0 heterocycles. The van der Waals surface area contributed by atoms with Crippen LogP contribution in [0.4, 0.5) is 0 Å². The normalized spacial score (nSPS) is 13.6. The standard InChI is InChI=1S/C3H7O5P.2Na/c4-2-9(7,8)1-3(5)6;;/h4H,1-2H2,(H,5,6)(H,7,8);;/q;;+1/p-2. The van der Waals surface area contributed by atoms with Gasteiger partial charge >= 0.3 is 29.6 Å². The van der Waals surface area contributed by atoms with Crippen molar-refractivity contribution in [2.45, 2.75) is 0 Å². The largest absolute Gasteiger partial charge is 1.00 e. The van der Waals surface area contributed by atoms with Crippen molar-refractivity contribution in [1.82, 2.24) is 0 Å². The van der Waals surface area contributed by atoms with Crippen molar-refractivity contribution >= 4 is 42.9 Å². The van der Waals surface area contributed by atoms with Crippen LogP contribution in [0.2, 0.25) is 0 Å². The van der Waals surface area contributed by atoms with Crippen LogP contribution in [-0.2, 0) is 9.36 Å². The van der Waals surface area contributed by atoms with Crippen molar-refractivity contribution in [3.05, 3.63) is 0 Å². The number of carbonyl (C=O) groups is 1. The Kier molecular flexibility index (Phi) is 13.8. The first-order valence-corrected chi connectivity index (χ1v) is 4.07. The van der Waals surface area contributed by atoms with Crippen molar-refractivity contribution in [1.29, 1.82) is 0 Å². The molecule has 1 N–H and O–H groups in total. The molecule has 0 saturated heterocycles. The quantitative estimate of drug-likeness (QED) is 0.359. The summed E-state index contributed by atoms with van der Waals surface area (Å²) in [4.78, 5) is 19.7. The summed E-state index contributed by atoms with van der Waals surface area (Å²) in [6.07, 6.45) is -2.22. The van der Waals surface area contributed by atoms with Crippen LogP contribution in [0.25, 0.3) is 0 Å². The minimum Gasteiger partial charge on any atom is -0.798 e. The molecule has 0 rings (SSSR count). The van der Waals surface area contributed by atoms with Gasteiger partial charge in [-0.3, -0.25) is 0 Å². The average Bonchev–Trinajstić information content (AvgIpc) is 1.63. The van der Waals surface area contributed by atoms with Gasteiger partial charge in [-0.2, -0.15) is 0 Å². The predicted octanol–water partition coefficient (Wildman–Crippen LogP) is -6.05. The van der Waals surface area contributed by atoms with Gasteiger partial charge < -0.3 is 24.5 Å². The molecule has 0 aromatic carbocycles. The number of hydrogen-bond donors (Lipinski definition) is 1. The van der Waals surface area contributed by atoms with E-state index in [-0.39, 0.29) is 59.1 Å². The van der Waals surface area contributed by atoms with Crippen LogP contribution in [0.15, 0.2) is 0 Å². The van der Waals surface area contributed by atoms with Gasteiger partial charge in [-0.25, -0.2) is 0 Å². The van der Waals surface area contributed by atoms with Crippen molar-refractivity contribution in [3.8, 4) is 0 Å². The maximum absolute atomic E-state index is 10.2. The first kappa shape index (κ1) is 18.4. The van der Waals surface area contributed by atoms with Gasteiger partial charge in [0.25, 0.3) is 0 Å². The molecule has 0 bridgehead atoms. The molecule has 0 aromatic heterocycles. The van der Waals surface area contributed by atoms with Crippen molar-refractivity contribution in [2.75, 3.05) is 12.5 Å². The molecule has 1 radical (unpaired) electrons. The smallest absolute Gasteiger partial charge is 0.798 e. The van der Waals surface area contributed by atoms with Crippen molar-refractivity contribution in [2.24, 2.45) is 0 Å². The minimum absolute atomic E-state index is 0. The Morgan fingerprint density at radius 2 is 1.91 bits per heavy atom. The van der Waals surface area contributed by atoms with E-state index in [2.05, 4.69) is 0 Å². The second-order valence-corrected chi connectivity index (χ2v) is 3.71. The van der Waals surface area contributed by atoms with Crippen LogP contribution in [0.1, 0.15) is 0 Å². The summed E-state index contributed by atoms with van der Waals surface area (Å²) in [6, 6.07) is 0. The fourth-order valence-corrected chi connectivity index (χ4v) is 0.740. The van der Waals surface area contributed by atoms with E-state index in [1.165, 1.54) is 0 Å². The SMILES string of the molecule is O=C([O-])CP(=O)([O-])CO.[Na+].[Na]. The summed E-state index contributed by atoms with van der Waals surface area (Å²) < 4.78 is 10.2. The predicted molar refractivity (Wildman–Crippen MR) is 30.3 cm³/mol. The molecule has 0 aliphatic rings. The third-order valence-electron chi connectivity index (χ3n) is 0.585. The minimum atomic E-state index is -4.09. The second-order valence-electron chi connectivity index (χ2n) is 1.49. The van der Waals surface area contributed by atoms with E-state index < -0.39 is 25.8 Å². The molecule has 8 heteroatoms. The van der Waals surface area contributed by atoms with Gasteiger partial charge in [0.05, 0.1) is 6.35 Å². The molecule has 0 aliphatic carbocycles. The molecular weight excluding hydrogens is 193 g/mol. The van der Waals surface area contributed by atoms with E-state index in [9.17, 15) is 19.4 Å². The molecule has 55 valence electrons. The number of carbonyl (C=O) groups excluding carboxylic acids is 1. The van der Waals surface area contributed by atoms with Crippen molar-refractivity contribution < 1.29 is 54.0 Å². The first-order valence-electron chi connectivity index (χ1n) is 2.08. The van der Waals surface area contributed by atoms with E-state index in [1.54, 1.807) is 0 Å².